The second-order valence-corrected chi connectivity index (χ2v) is 13.6. The zero-order valence-corrected chi connectivity index (χ0v) is 22.9. The van der Waals surface area contributed by atoms with E-state index in [1.54, 1.807) is 0 Å². The third-order valence-corrected chi connectivity index (χ3v) is 9.56. The number of hydrogen-bond donors (Lipinski definition) is 5. The third-order valence-electron chi connectivity index (χ3n) is 5.25. The molecule has 0 saturated carbocycles. The van der Waals surface area contributed by atoms with E-state index in [-0.39, 0.29) is 38.2 Å². The largest absolute Gasteiger partial charge is 0.396 e. The van der Waals surface area contributed by atoms with Crippen molar-refractivity contribution in [3.05, 3.63) is 54.6 Å². The highest BCUT2D eigenvalue weighted by Crippen LogP contribution is 2.43. The minimum absolute atomic E-state index is 0.0529. The molecular weight excluding hydrogens is 588 g/mol. The molecule has 0 aliphatic carbocycles. The summed E-state index contributed by atoms with van der Waals surface area (Å²) in [6, 6.07) is 11.1. The number of hydrogen-bond acceptors (Lipinski definition) is 14. The lowest BCUT2D eigenvalue weighted by molar-refractivity contribution is 0.319. The maximum atomic E-state index is 12.0. The van der Waals surface area contributed by atoms with Crippen LogP contribution in [0.25, 0.3) is 0 Å². The van der Waals surface area contributed by atoms with Crippen LogP contribution in [-0.4, -0.2) is 64.7 Å². The van der Waals surface area contributed by atoms with Crippen LogP contribution >= 0.6 is 0 Å². The first-order valence-corrected chi connectivity index (χ1v) is 15.8. The Morgan fingerprint density at radius 1 is 0.625 bits per heavy atom. The zero-order chi connectivity index (χ0) is 29.7. The summed E-state index contributed by atoms with van der Waals surface area (Å²) in [5, 5.41) is 33.4. The molecule has 0 saturated heterocycles. The Kier molecular flexibility index (Phi) is 9.33. The van der Waals surface area contributed by atoms with Gasteiger partial charge in [-0.05, 0) is 54.6 Å². The van der Waals surface area contributed by atoms with Crippen LogP contribution in [0.4, 0.5) is 34.1 Å². The molecular formula is C22H24N6O9S3. The van der Waals surface area contributed by atoms with Crippen molar-refractivity contribution in [2.75, 3.05) is 36.2 Å². The van der Waals surface area contributed by atoms with E-state index in [1.807, 2.05) is 0 Å². The van der Waals surface area contributed by atoms with Gasteiger partial charge in [-0.25, -0.2) is 16.8 Å². The molecule has 0 spiro atoms. The van der Waals surface area contributed by atoms with Crippen molar-refractivity contribution in [1.82, 2.24) is 0 Å². The summed E-state index contributed by atoms with van der Waals surface area (Å²) in [6.07, 6.45) is 0. The maximum absolute atomic E-state index is 12.0. The van der Waals surface area contributed by atoms with E-state index < -0.39 is 65.1 Å². The van der Waals surface area contributed by atoms with Gasteiger partial charge in [0, 0.05) is 0 Å². The Morgan fingerprint density at radius 3 is 1.45 bits per heavy atom. The molecule has 0 aliphatic rings. The standard InChI is InChI=1S/C22H24N6O9S3/c23-20-18(27-25-14-1-5-16(6-2-14)38(31,32)11-9-29)13-19(40(35,36)37)21(24)22(20)28-26-15-3-7-17(8-4-15)39(33,34)12-10-30/h1-8,13,29-30H,9-12,23-24H2,(H,35,36,37)/b27-25+,28-26+. The highest BCUT2D eigenvalue weighted by molar-refractivity contribution is 7.91. The fourth-order valence-electron chi connectivity index (χ4n) is 3.20. The van der Waals surface area contributed by atoms with Crippen LogP contribution in [-0.2, 0) is 29.8 Å². The molecule has 15 nitrogen and oxygen atoms in total. The zero-order valence-electron chi connectivity index (χ0n) is 20.5. The fraction of sp³-hybridized carbons (Fsp3) is 0.182. The molecule has 3 rings (SSSR count). The molecule has 0 bridgehead atoms. The van der Waals surface area contributed by atoms with E-state index in [4.69, 9.17) is 21.7 Å². The van der Waals surface area contributed by atoms with E-state index in [9.17, 15) is 29.8 Å². The van der Waals surface area contributed by atoms with Crippen LogP contribution in [0.15, 0.2) is 89.7 Å². The highest BCUT2D eigenvalue weighted by atomic mass is 32.2. The number of aliphatic hydroxyl groups excluding tert-OH is 2. The predicted molar refractivity (Wildman–Crippen MR) is 145 cm³/mol. The number of benzene rings is 3. The third kappa shape index (κ3) is 7.23. The summed E-state index contributed by atoms with van der Waals surface area (Å²) >= 11 is 0. The van der Waals surface area contributed by atoms with E-state index in [2.05, 4.69) is 20.5 Å². The number of azo groups is 2. The topological polar surface area (TPSA) is 265 Å². The van der Waals surface area contributed by atoms with Crippen LogP contribution in [0.2, 0.25) is 0 Å². The summed E-state index contributed by atoms with van der Waals surface area (Å²) in [7, 11) is -12.3. The van der Waals surface area contributed by atoms with Gasteiger partial charge < -0.3 is 21.7 Å². The van der Waals surface area contributed by atoms with Gasteiger partial charge in [0.15, 0.2) is 19.7 Å². The number of rotatable bonds is 11. The van der Waals surface area contributed by atoms with Gasteiger partial charge >= 0.3 is 0 Å². The maximum Gasteiger partial charge on any atom is 0.296 e. The van der Waals surface area contributed by atoms with E-state index in [1.165, 1.54) is 48.5 Å². The lowest BCUT2D eigenvalue weighted by Gasteiger charge is -2.10. The van der Waals surface area contributed by atoms with Crippen molar-refractivity contribution in [1.29, 1.82) is 0 Å². The molecule has 0 amide bonds. The van der Waals surface area contributed by atoms with E-state index in [0.717, 1.165) is 6.07 Å². The van der Waals surface area contributed by atoms with Gasteiger partial charge in [0.25, 0.3) is 10.1 Å². The average Bonchev–Trinajstić information content (AvgIpc) is 2.88. The second-order valence-electron chi connectivity index (χ2n) is 8.02. The van der Waals surface area contributed by atoms with Crippen molar-refractivity contribution in [2.45, 2.75) is 14.7 Å². The van der Waals surface area contributed by atoms with E-state index in [0.29, 0.717) is 0 Å². The van der Waals surface area contributed by atoms with Gasteiger partial charge in [-0.1, -0.05) is 0 Å². The lowest BCUT2D eigenvalue weighted by atomic mass is 10.2. The van der Waals surface area contributed by atoms with Gasteiger partial charge in [0.1, 0.15) is 16.3 Å². The second kappa shape index (κ2) is 12.1. The predicted octanol–water partition coefficient (Wildman–Crippen LogP) is 2.46. The number of nitrogen functional groups attached to an aromatic ring is 2. The number of nitrogens with zero attached hydrogens (tertiary/aromatic N) is 4. The number of anilines is 2. The normalized spacial score (nSPS) is 12.9. The highest BCUT2D eigenvalue weighted by Gasteiger charge is 2.22. The summed E-state index contributed by atoms with van der Waals surface area (Å²) in [5.41, 5.74) is 10.8. The fourth-order valence-corrected chi connectivity index (χ4v) is 5.89. The molecule has 0 radical (unpaired) electrons. The van der Waals surface area contributed by atoms with Crippen molar-refractivity contribution >= 4 is 63.9 Å². The summed E-state index contributed by atoms with van der Waals surface area (Å²) in [4.78, 5) is -0.891. The van der Waals surface area contributed by atoms with Gasteiger partial charge in [0.05, 0.1) is 57.3 Å². The molecule has 40 heavy (non-hydrogen) atoms. The van der Waals surface area contributed by atoms with Gasteiger partial charge in [-0.15, -0.1) is 10.2 Å². The van der Waals surface area contributed by atoms with Crippen LogP contribution in [0, 0.1) is 0 Å². The molecule has 3 aromatic carbocycles. The minimum Gasteiger partial charge on any atom is -0.396 e. The Hall–Kier alpha value is -3.81. The molecule has 3 aromatic rings. The number of aliphatic hydroxyl groups is 2. The average molecular weight is 613 g/mol. The molecule has 0 aliphatic heterocycles. The molecule has 214 valence electrons. The lowest BCUT2D eigenvalue weighted by Crippen LogP contribution is -2.09. The molecule has 0 heterocycles. The van der Waals surface area contributed by atoms with Gasteiger partial charge in [0.2, 0.25) is 0 Å². The molecule has 0 fully saturated rings. The molecule has 18 heteroatoms. The molecule has 7 N–H and O–H groups in total. The van der Waals surface area contributed by atoms with Gasteiger partial charge in [-0.2, -0.15) is 18.6 Å². The Bertz CT molecular complexity index is 1770. The van der Waals surface area contributed by atoms with Crippen LogP contribution < -0.4 is 11.5 Å². The molecule has 0 aromatic heterocycles. The molecule has 0 atom stereocenters. The first kappa shape index (κ1) is 30.7. The Labute approximate surface area is 229 Å². The molecule has 0 unspecified atom stereocenters. The summed E-state index contributed by atoms with van der Waals surface area (Å²) in [5.74, 6) is -0.924. The quantitative estimate of drug-likeness (QED) is 0.119. The first-order valence-electron chi connectivity index (χ1n) is 11.1. The van der Waals surface area contributed by atoms with E-state index >= 15 is 0 Å². The number of nitrogens with two attached hydrogens (primary N) is 2. The summed E-state index contributed by atoms with van der Waals surface area (Å²) in [6.45, 7) is -1.10. The van der Waals surface area contributed by atoms with Crippen molar-refractivity contribution in [3.8, 4) is 0 Å². The first-order chi connectivity index (χ1) is 18.7. The van der Waals surface area contributed by atoms with Crippen LogP contribution in [0.3, 0.4) is 0 Å². The minimum atomic E-state index is -4.87. The van der Waals surface area contributed by atoms with Crippen LogP contribution in [0.5, 0.6) is 0 Å². The van der Waals surface area contributed by atoms with Gasteiger partial charge in [-0.3, -0.25) is 4.55 Å². The van der Waals surface area contributed by atoms with Crippen molar-refractivity contribution in [3.63, 3.8) is 0 Å². The van der Waals surface area contributed by atoms with Crippen molar-refractivity contribution < 1.29 is 40.0 Å². The Balaban J connectivity index is 2.00. The SMILES string of the molecule is Nc1c(/N=N/c2ccc(S(=O)(=O)CCO)cc2)cc(S(=O)(=O)O)c(N)c1/N=N/c1ccc(S(=O)(=O)CCO)cc1. The van der Waals surface area contributed by atoms with Crippen LogP contribution in [0.1, 0.15) is 0 Å². The number of sulfone groups is 2. The summed E-state index contributed by atoms with van der Waals surface area (Å²) < 4.78 is 81.7. The smallest absolute Gasteiger partial charge is 0.296 e. The Morgan fingerprint density at radius 2 is 1.05 bits per heavy atom. The van der Waals surface area contributed by atoms with Crippen molar-refractivity contribution in [2.24, 2.45) is 20.5 Å². The monoisotopic (exact) mass is 612 g/mol.